The maximum Gasteiger partial charge on any atom is 0.332 e. The fourth-order valence-electron chi connectivity index (χ4n) is 5.37. The van der Waals surface area contributed by atoms with Crippen LogP contribution in [-0.4, -0.2) is 110 Å². The minimum Gasteiger partial charge on any atom is -0.356 e. The third-order valence-corrected chi connectivity index (χ3v) is 13.1. The van der Waals surface area contributed by atoms with Gasteiger partial charge >= 0.3 is 7.60 Å². The molecule has 0 unspecified atom stereocenters. The number of piperazine rings is 1. The van der Waals surface area contributed by atoms with E-state index >= 15 is 0 Å². The van der Waals surface area contributed by atoms with Crippen molar-refractivity contribution in [3.63, 3.8) is 0 Å². The number of anilines is 1. The summed E-state index contributed by atoms with van der Waals surface area (Å²) in [6.45, 7) is 10.2. The van der Waals surface area contributed by atoms with E-state index in [-0.39, 0.29) is 66.1 Å². The SMILES string of the molecule is CC(C)(C)OP(=O)(CCC(=O)NCCCNc1nc2c(ncn2CC(=O)N2CCN(S(=O)(=O)c3nc4ccccc4s3)C(=O)C2)c(=O)[nH]1)OC(C)(C)C. The van der Waals surface area contributed by atoms with E-state index in [0.29, 0.717) is 23.2 Å². The van der Waals surface area contributed by atoms with Gasteiger partial charge in [-0.25, -0.2) is 14.3 Å². The molecule has 21 heteroatoms. The number of hydrogen-bond acceptors (Lipinski definition) is 14. The van der Waals surface area contributed by atoms with Crippen LogP contribution in [0, 0.1) is 0 Å². The van der Waals surface area contributed by atoms with Crippen molar-refractivity contribution < 1.29 is 36.4 Å². The molecule has 1 aromatic carbocycles. The number of sulfonamides is 1. The summed E-state index contributed by atoms with van der Waals surface area (Å²) in [5, 5.41) is 5.76. The van der Waals surface area contributed by atoms with Crippen LogP contribution in [0.3, 0.4) is 0 Å². The Morgan fingerprint density at radius 1 is 1.02 bits per heavy atom. The first kappa shape index (κ1) is 40.0. The van der Waals surface area contributed by atoms with Gasteiger partial charge in [0.1, 0.15) is 13.1 Å². The van der Waals surface area contributed by atoms with Crippen LogP contribution < -0.4 is 16.2 Å². The molecule has 3 N–H and O–H groups in total. The van der Waals surface area contributed by atoms with E-state index in [1.54, 1.807) is 65.8 Å². The summed E-state index contributed by atoms with van der Waals surface area (Å²) < 4.78 is 53.9. The first-order chi connectivity index (χ1) is 24.7. The summed E-state index contributed by atoms with van der Waals surface area (Å²) in [4.78, 5) is 68.0. The van der Waals surface area contributed by atoms with E-state index in [1.165, 1.54) is 15.8 Å². The molecular weight excluding hydrogens is 750 g/mol. The average molecular weight is 794 g/mol. The van der Waals surface area contributed by atoms with E-state index in [2.05, 4.69) is 30.6 Å². The number of thiazole rings is 1. The summed E-state index contributed by atoms with van der Waals surface area (Å²) in [6, 6.07) is 6.94. The van der Waals surface area contributed by atoms with Gasteiger partial charge in [-0.15, -0.1) is 11.3 Å². The lowest BCUT2D eigenvalue weighted by Crippen LogP contribution is -2.54. The predicted molar refractivity (Wildman–Crippen MR) is 198 cm³/mol. The van der Waals surface area contributed by atoms with Gasteiger partial charge in [0.25, 0.3) is 21.5 Å². The number of nitrogens with one attached hydrogen (secondary N) is 3. The van der Waals surface area contributed by atoms with Crippen molar-refractivity contribution in [2.75, 3.05) is 44.2 Å². The Morgan fingerprint density at radius 3 is 2.38 bits per heavy atom. The molecule has 0 radical (unpaired) electrons. The van der Waals surface area contributed by atoms with E-state index in [1.807, 2.05) is 0 Å². The lowest BCUT2D eigenvalue weighted by molar-refractivity contribution is -0.142. The van der Waals surface area contributed by atoms with Gasteiger partial charge in [0.15, 0.2) is 11.2 Å². The number of aromatic amines is 1. The average Bonchev–Trinajstić information content (AvgIpc) is 3.67. The molecule has 1 aliphatic rings. The third kappa shape index (κ3) is 10.3. The maximum absolute atomic E-state index is 13.3. The number of hydrogen-bond donors (Lipinski definition) is 3. The number of carbonyl (C=O) groups is 3. The Balaban J connectivity index is 1.12. The molecule has 0 spiro atoms. The van der Waals surface area contributed by atoms with Crippen LogP contribution in [-0.2, 0) is 44.6 Å². The highest BCUT2D eigenvalue weighted by Gasteiger charge is 2.38. The molecule has 288 valence electrons. The van der Waals surface area contributed by atoms with Gasteiger partial charge in [-0.05, 0) is 60.1 Å². The summed E-state index contributed by atoms with van der Waals surface area (Å²) in [5.74, 6) is -1.46. The van der Waals surface area contributed by atoms with Crippen molar-refractivity contribution in [1.29, 1.82) is 0 Å². The molecule has 4 heterocycles. The van der Waals surface area contributed by atoms with Gasteiger partial charge in [-0.1, -0.05) is 12.1 Å². The molecule has 3 aromatic heterocycles. The third-order valence-electron chi connectivity index (χ3n) is 7.50. The number of aromatic nitrogens is 5. The first-order valence-corrected chi connectivity index (χ1v) is 20.9. The highest BCUT2D eigenvalue weighted by atomic mass is 32.2. The largest absolute Gasteiger partial charge is 0.356 e. The molecule has 53 heavy (non-hydrogen) atoms. The fraction of sp³-hybridized carbons (Fsp3) is 0.531. The zero-order valence-electron chi connectivity index (χ0n) is 30.4. The van der Waals surface area contributed by atoms with Crippen molar-refractivity contribution in [3.8, 4) is 0 Å². The Bertz CT molecular complexity index is 2170. The lowest BCUT2D eigenvalue weighted by atomic mass is 10.2. The molecule has 0 aliphatic carbocycles. The number of benzene rings is 1. The Labute approximate surface area is 310 Å². The normalized spacial score (nSPS) is 14.6. The van der Waals surface area contributed by atoms with Gasteiger partial charge in [0.05, 0.1) is 40.5 Å². The number of para-hydroxylation sites is 1. The van der Waals surface area contributed by atoms with Gasteiger partial charge in [-0.3, -0.25) is 28.7 Å². The summed E-state index contributed by atoms with van der Waals surface area (Å²) in [5.41, 5.74) is -1.36. The second-order valence-electron chi connectivity index (χ2n) is 14.3. The summed E-state index contributed by atoms with van der Waals surface area (Å²) in [6.07, 6.45) is 1.61. The van der Waals surface area contributed by atoms with Crippen LogP contribution in [0.5, 0.6) is 0 Å². The van der Waals surface area contributed by atoms with Crippen LogP contribution in [0.25, 0.3) is 21.4 Å². The quantitative estimate of drug-likeness (QED) is 0.123. The molecule has 3 amide bonds. The topological polar surface area (TPSA) is 228 Å². The molecule has 5 rings (SSSR count). The van der Waals surface area contributed by atoms with Crippen molar-refractivity contribution in [1.82, 2.24) is 39.0 Å². The molecule has 1 fully saturated rings. The number of rotatable bonds is 14. The second kappa shape index (κ2) is 15.6. The van der Waals surface area contributed by atoms with E-state index in [9.17, 15) is 32.2 Å². The van der Waals surface area contributed by atoms with Crippen LogP contribution >= 0.6 is 18.9 Å². The number of carbonyl (C=O) groups excluding carboxylic acids is 3. The molecule has 4 aromatic rings. The molecular formula is C32H44N9O9PS2. The Kier molecular flexibility index (Phi) is 11.8. The summed E-state index contributed by atoms with van der Waals surface area (Å²) in [7, 11) is -7.76. The number of amides is 3. The van der Waals surface area contributed by atoms with Crippen molar-refractivity contribution >= 4 is 74.0 Å². The zero-order chi connectivity index (χ0) is 38.8. The molecule has 1 aliphatic heterocycles. The van der Waals surface area contributed by atoms with Crippen molar-refractivity contribution in [3.05, 3.63) is 40.9 Å². The van der Waals surface area contributed by atoms with E-state index in [4.69, 9.17) is 9.05 Å². The number of H-pyrrole nitrogens is 1. The maximum atomic E-state index is 13.3. The molecule has 1 saturated heterocycles. The highest BCUT2D eigenvalue weighted by Crippen LogP contribution is 2.54. The predicted octanol–water partition coefficient (Wildman–Crippen LogP) is 2.92. The van der Waals surface area contributed by atoms with Crippen LogP contribution in [0.4, 0.5) is 5.95 Å². The molecule has 18 nitrogen and oxygen atoms in total. The van der Waals surface area contributed by atoms with Crippen molar-refractivity contribution in [2.45, 2.75) is 76.5 Å². The van der Waals surface area contributed by atoms with Gasteiger partial charge in [0, 0.05) is 26.1 Å². The lowest BCUT2D eigenvalue weighted by Gasteiger charge is -2.33. The number of nitrogens with zero attached hydrogens (tertiary/aromatic N) is 6. The Morgan fingerprint density at radius 2 is 1.72 bits per heavy atom. The summed E-state index contributed by atoms with van der Waals surface area (Å²) >= 11 is 0.969. The van der Waals surface area contributed by atoms with Crippen LogP contribution in [0.15, 0.2) is 39.7 Å². The smallest absolute Gasteiger partial charge is 0.332 e. The number of fused-ring (bicyclic) bond motifs is 2. The van der Waals surface area contributed by atoms with Crippen LogP contribution in [0.2, 0.25) is 0 Å². The highest BCUT2D eigenvalue weighted by molar-refractivity contribution is 7.91. The fourth-order valence-corrected chi connectivity index (χ4v) is 10.4. The monoisotopic (exact) mass is 793 g/mol. The Hall–Kier alpha value is -4.23. The van der Waals surface area contributed by atoms with E-state index in [0.717, 1.165) is 15.6 Å². The minimum atomic E-state index is -4.20. The zero-order valence-corrected chi connectivity index (χ0v) is 32.9. The van der Waals surface area contributed by atoms with Crippen LogP contribution in [0.1, 0.15) is 54.4 Å². The van der Waals surface area contributed by atoms with Gasteiger partial charge in [-0.2, -0.15) is 13.4 Å². The standard InChI is InChI=1S/C32H44N9O9PS2/c1-31(2,3)49-51(46,50-32(4,5)6)17-12-23(42)33-13-9-14-34-29-37-27-26(28(45)38-29)35-20-40(27)18-24(43)39-15-16-41(25(44)19-39)53(47,48)30-36-21-10-7-8-11-22(21)52-30/h7-8,10-11,20H,9,12-19H2,1-6H3,(H,33,42)(H2,34,37,38,45). The van der Waals surface area contributed by atoms with Gasteiger partial charge < -0.3 is 29.1 Å². The first-order valence-electron chi connectivity index (χ1n) is 16.9. The molecule has 0 saturated carbocycles. The molecule has 0 bridgehead atoms. The molecule has 0 atom stereocenters. The van der Waals surface area contributed by atoms with Gasteiger partial charge in [0.2, 0.25) is 22.1 Å². The van der Waals surface area contributed by atoms with Crippen molar-refractivity contribution in [2.24, 2.45) is 0 Å². The second-order valence-corrected chi connectivity index (χ2v) is 19.4. The number of imidazole rings is 1. The minimum absolute atomic E-state index is 0.00149. The van der Waals surface area contributed by atoms with E-state index < -0.39 is 52.7 Å².